The molecule has 0 radical (unpaired) electrons. The van der Waals surface area contributed by atoms with Gasteiger partial charge in [-0.3, -0.25) is 4.79 Å². The molecule has 0 saturated carbocycles. The lowest BCUT2D eigenvalue weighted by Gasteiger charge is -2.08. The van der Waals surface area contributed by atoms with E-state index in [0.717, 1.165) is 27.7 Å². The lowest BCUT2D eigenvalue weighted by molar-refractivity contribution is -0.121. The number of aromatic nitrogens is 1. The molecular formula is C26H25FN2O3S. The predicted octanol–water partition coefficient (Wildman–Crippen LogP) is 4.89. The smallest absolute Gasteiger partial charge is 0.220 e. The van der Waals surface area contributed by atoms with E-state index in [2.05, 4.69) is 10.3 Å². The van der Waals surface area contributed by atoms with Gasteiger partial charge in [0.2, 0.25) is 5.91 Å². The van der Waals surface area contributed by atoms with Crippen LogP contribution in [-0.4, -0.2) is 31.6 Å². The van der Waals surface area contributed by atoms with Gasteiger partial charge in [0.25, 0.3) is 0 Å². The van der Waals surface area contributed by atoms with E-state index in [9.17, 15) is 17.6 Å². The van der Waals surface area contributed by atoms with Gasteiger partial charge in [-0.05, 0) is 54.3 Å². The number of aryl methyl sites for hydroxylation is 1. The van der Waals surface area contributed by atoms with Crippen LogP contribution in [0.3, 0.4) is 0 Å². The standard InChI is InChI=1S/C26H25FN2O3S/c27-20-12-14-24-23(18-20)22(26(29-24)19-8-3-1-4-9-19)13-15-25(30)28-16-7-17-33(31,32)21-10-5-2-6-11-21/h1-6,8-12,14,18,29H,7,13,15-17H2,(H,28,30). The zero-order valence-electron chi connectivity index (χ0n) is 18.1. The molecule has 170 valence electrons. The SMILES string of the molecule is O=C(CCc1c(-c2ccccc2)[nH]c2ccc(F)cc12)NCCCS(=O)(=O)c1ccccc1. The number of sulfone groups is 1. The third kappa shape index (κ3) is 5.49. The van der Waals surface area contributed by atoms with Crippen molar-refractivity contribution < 1.29 is 17.6 Å². The first-order chi connectivity index (χ1) is 15.9. The molecule has 0 fully saturated rings. The number of benzene rings is 3. The maximum Gasteiger partial charge on any atom is 0.220 e. The first-order valence-electron chi connectivity index (χ1n) is 10.8. The molecule has 0 saturated heterocycles. The van der Waals surface area contributed by atoms with E-state index in [1.54, 1.807) is 36.4 Å². The maximum absolute atomic E-state index is 13.9. The minimum atomic E-state index is -3.36. The molecule has 0 atom stereocenters. The highest BCUT2D eigenvalue weighted by atomic mass is 32.2. The van der Waals surface area contributed by atoms with Crippen LogP contribution in [0.1, 0.15) is 18.4 Å². The topological polar surface area (TPSA) is 79.0 Å². The minimum absolute atomic E-state index is 0.0306. The number of hydrogen-bond acceptors (Lipinski definition) is 3. The Morgan fingerprint density at radius 1 is 0.939 bits per heavy atom. The Kier molecular flexibility index (Phi) is 6.89. The third-order valence-corrected chi connectivity index (χ3v) is 7.36. The number of carbonyl (C=O) groups excluding carboxylic acids is 1. The summed E-state index contributed by atoms with van der Waals surface area (Å²) in [7, 11) is -3.36. The van der Waals surface area contributed by atoms with Crippen LogP contribution in [0, 0.1) is 5.82 Å². The number of carbonyl (C=O) groups is 1. The van der Waals surface area contributed by atoms with Crippen molar-refractivity contribution in [2.75, 3.05) is 12.3 Å². The Morgan fingerprint density at radius 2 is 1.64 bits per heavy atom. The highest BCUT2D eigenvalue weighted by molar-refractivity contribution is 7.91. The number of rotatable bonds is 9. The number of halogens is 1. The highest BCUT2D eigenvalue weighted by Gasteiger charge is 2.16. The fourth-order valence-electron chi connectivity index (χ4n) is 3.89. The molecule has 1 amide bonds. The molecule has 1 aromatic heterocycles. The monoisotopic (exact) mass is 464 g/mol. The molecule has 0 aliphatic carbocycles. The summed E-state index contributed by atoms with van der Waals surface area (Å²) in [5, 5.41) is 3.56. The summed E-state index contributed by atoms with van der Waals surface area (Å²) >= 11 is 0. The van der Waals surface area contributed by atoms with E-state index in [0.29, 0.717) is 12.8 Å². The van der Waals surface area contributed by atoms with Gasteiger partial charge in [0.1, 0.15) is 5.82 Å². The number of hydrogen-bond donors (Lipinski definition) is 2. The fraction of sp³-hybridized carbons (Fsp3) is 0.192. The lowest BCUT2D eigenvalue weighted by Crippen LogP contribution is -2.26. The van der Waals surface area contributed by atoms with Crippen LogP contribution < -0.4 is 5.32 Å². The zero-order chi connectivity index (χ0) is 23.3. The molecule has 2 N–H and O–H groups in total. The number of fused-ring (bicyclic) bond motifs is 1. The van der Waals surface area contributed by atoms with Gasteiger partial charge >= 0.3 is 0 Å². The quantitative estimate of drug-likeness (QED) is 0.346. The Hall–Kier alpha value is -3.45. The van der Waals surface area contributed by atoms with Crippen molar-refractivity contribution >= 4 is 26.6 Å². The van der Waals surface area contributed by atoms with Crippen molar-refractivity contribution in [1.82, 2.24) is 10.3 Å². The summed E-state index contributed by atoms with van der Waals surface area (Å²) in [5.41, 5.74) is 3.54. The number of nitrogens with one attached hydrogen (secondary N) is 2. The van der Waals surface area contributed by atoms with Crippen molar-refractivity contribution in [3.63, 3.8) is 0 Å². The molecule has 4 aromatic rings. The number of aromatic amines is 1. The molecule has 33 heavy (non-hydrogen) atoms. The summed E-state index contributed by atoms with van der Waals surface area (Å²) in [6.45, 7) is 0.277. The highest BCUT2D eigenvalue weighted by Crippen LogP contribution is 2.31. The van der Waals surface area contributed by atoms with Crippen LogP contribution in [0.25, 0.3) is 22.2 Å². The summed E-state index contributed by atoms with van der Waals surface area (Å²) in [6, 6.07) is 22.6. The van der Waals surface area contributed by atoms with Crippen LogP contribution >= 0.6 is 0 Å². The van der Waals surface area contributed by atoms with Crippen molar-refractivity contribution in [2.24, 2.45) is 0 Å². The average Bonchev–Trinajstić information content (AvgIpc) is 3.19. The van der Waals surface area contributed by atoms with Crippen LogP contribution in [0.2, 0.25) is 0 Å². The summed E-state index contributed by atoms with van der Waals surface area (Å²) in [5.74, 6) is -0.528. The normalized spacial score (nSPS) is 11.5. The van der Waals surface area contributed by atoms with Gasteiger partial charge in [-0.2, -0.15) is 0 Å². The van der Waals surface area contributed by atoms with E-state index < -0.39 is 9.84 Å². The van der Waals surface area contributed by atoms with Gasteiger partial charge < -0.3 is 10.3 Å². The molecule has 5 nitrogen and oxygen atoms in total. The second-order valence-electron chi connectivity index (χ2n) is 7.87. The molecular weight excluding hydrogens is 439 g/mol. The van der Waals surface area contributed by atoms with Gasteiger partial charge in [-0.25, -0.2) is 12.8 Å². The van der Waals surface area contributed by atoms with Crippen LogP contribution in [0.4, 0.5) is 4.39 Å². The Bertz CT molecular complexity index is 1350. The van der Waals surface area contributed by atoms with E-state index in [-0.39, 0.29) is 35.3 Å². The van der Waals surface area contributed by atoms with E-state index in [1.165, 1.54) is 12.1 Å². The van der Waals surface area contributed by atoms with Crippen molar-refractivity contribution in [3.05, 3.63) is 90.2 Å². The van der Waals surface area contributed by atoms with Gasteiger partial charge in [0.05, 0.1) is 10.6 Å². The van der Waals surface area contributed by atoms with Crippen molar-refractivity contribution in [2.45, 2.75) is 24.2 Å². The lowest BCUT2D eigenvalue weighted by atomic mass is 10.0. The summed E-state index contributed by atoms with van der Waals surface area (Å²) in [6.07, 6.45) is 0.979. The van der Waals surface area contributed by atoms with Crippen molar-refractivity contribution in [1.29, 1.82) is 0 Å². The van der Waals surface area contributed by atoms with E-state index in [4.69, 9.17) is 0 Å². The Morgan fingerprint density at radius 3 is 2.36 bits per heavy atom. The average molecular weight is 465 g/mol. The van der Waals surface area contributed by atoms with Crippen LogP contribution in [0.15, 0.2) is 83.8 Å². The largest absolute Gasteiger partial charge is 0.356 e. The predicted molar refractivity (Wildman–Crippen MR) is 128 cm³/mol. The molecule has 7 heteroatoms. The second-order valence-corrected chi connectivity index (χ2v) is 9.98. The van der Waals surface area contributed by atoms with Crippen LogP contribution in [-0.2, 0) is 21.1 Å². The van der Waals surface area contributed by atoms with Gasteiger partial charge in [0.15, 0.2) is 9.84 Å². The fourth-order valence-corrected chi connectivity index (χ4v) is 5.23. The third-order valence-electron chi connectivity index (χ3n) is 5.55. The first-order valence-corrected chi connectivity index (χ1v) is 12.5. The molecule has 4 rings (SSSR count). The zero-order valence-corrected chi connectivity index (χ0v) is 18.9. The molecule has 0 aliphatic rings. The second kappa shape index (κ2) is 10.0. The molecule has 3 aromatic carbocycles. The van der Waals surface area contributed by atoms with Crippen LogP contribution in [0.5, 0.6) is 0 Å². The Labute approximate surface area is 192 Å². The maximum atomic E-state index is 13.9. The van der Waals surface area contributed by atoms with E-state index >= 15 is 0 Å². The Balaban J connectivity index is 1.38. The summed E-state index contributed by atoms with van der Waals surface area (Å²) < 4.78 is 38.6. The number of amides is 1. The van der Waals surface area contributed by atoms with Gasteiger partial charge in [-0.1, -0.05) is 48.5 Å². The molecule has 1 heterocycles. The minimum Gasteiger partial charge on any atom is -0.356 e. The van der Waals surface area contributed by atoms with Gasteiger partial charge in [-0.15, -0.1) is 0 Å². The van der Waals surface area contributed by atoms with Gasteiger partial charge in [0, 0.05) is 29.6 Å². The first kappa shape index (κ1) is 22.7. The van der Waals surface area contributed by atoms with Crippen molar-refractivity contribution in [3.8, 4) is 11.3 Å². The molecule has 0 bridgehead atoms. The molecule has 0 aliphatic heterocycles. The molecule has 0 unspecified atom stereocenters. The molecule has 0 spiro atoms. The summed E-state index contributed by atoms with van der Waals surface area (Å²) in [4.78, 5) is 16.1. The van der Waals surface area contributed by atoms with E-state index in [1.807, 2.05) is 30.3 Å². The number of H-pyrrole nitrogens is 1.